The van der Waals surface area contributed by atoms with Crippen LogP contribution in [0.3, 0.4) is 0 Å². The molecule has 0 radical (unpaired) electrons. The molecule has 2 atom stereocenters. The van der Waals surface area contributed by atoms with Gasteiger partial charge in [-0.1, -0.05) is 50.2 Å². The summed E-state index contributed by atoms with van der Waals surface area (Å²) in [6.07, 6.45) is 5.61. The van der Waals surface area contributed by atoms with Gasteiger partial charge in [0, 0.05) is 48.6 Å². The first-order valence-electron chi connectivity index (χ1n) is 14.6. The van der Waals surface area contributed by atoms with Gasteiger partial charge >= 0.3 is 6.09 Å². The maximum Gasteiger partial charge on any atom is 0.410 e. The minimum Gasteiger partial charge on any atom is -0.444 e. The van der Waals surface area contributed by atoms with Crippen molar-refractivity contribution in [2.24, 2.45) is 5.41 Å². The summed E-state index contributed by atoms with van der Waals surface area (Å²) in [6.45, 7) is 14.1. The van der Waals surface area contributed by atoms with Gasteiger partial charge in [0.15, 0.2) is 0 Å². The zero-order valence-corrected chi connectivity index (χ0v) is 25.3. The summed E-state index contributed by atoms with van der Waals surface area (Å²) in [4.78, 5) is 26.1. The first-order chi connectivity index (χ1) is 19.3. The van der Waals surface area contributed by atoms with Gasteiger partial charge in [0.2, 0.25) is 11.7 Å². The highest BCUT2D eigenvalue weighted by molar-refractivity contribution is 5.69. The minimum atomic E-state index is -1.28. The Bertz CT molecular complexity index is 1370. The maximum absolute atomic E-state index is 12.9. The summed E-state index contributed by atoms with van der Waals surface area (Å²) >= 11 is 0. The highest BCUT2D eigenvalue weighted by Gasteiger charge is 2.55. The second-order valence-corrected chi connectivity index (χ2v) is 13.3. The van der Waals surface area contributed by atoms with Crippen molar-refractivity contribution in [3.05, 3.63) is 65.3 Å². The van der Waals surface area contributed by atoms with E-state index in [1.54, 1.807) is 17.3 Å². The Morgan fingerprint density at radius 3 is 2.46 bits per heavy atom. The average molecular weight is 562 g/mol. The molecule has 2 aliphatic heterocycles. The van der Waals surface area contributed by atoms with Gasteiger partial charge in [-0.25, -0.2) is 4.79 Å². The molecule has 9 heteroatoms. The molecule has 9 nitrogen and oxygen atoms in total. The van der Waals surface area contributed by atoms with Gasteiger partial charge in [-0.2, -0.15) is 4.98 Å². The molecule has 0 bridgehead atoms. The molecule has 0 saturated carbocycles. The normalized spacial score (nSPS) is 20.9. The van der Waals surface area contributed by atoms with Gasteiger partial charge in [0.05, 0.1) is 0 Å². The Hall–Kier alpha value is -3.30. The van der Waals surface area contributed by atoms with E-state index in [4.69, 9.17) is 14.2 Å². The van der Waals surface area contributed by atoms with Crippen molar-refractivity contribution < 1.29 is 19.2 Å². The van der Waals surface area contributed by atoms with E-state index in [0.717, 1.165) is 37.9 Å². The summed E-state index contributed by atoms with van der Waals surface area (Å²) in [6, 6.07) is 9.82. The Morgan fingerprint density at radius 1 is 1.12 bits per heavy atom. The van der Waals surface area contributed by atoms with Gasteiger partial charge < -0.3 is 19.3 Å². The number of rotatable bonds is 6. The highest BCUT2D eigenvalue weighted by Crippen LogP contribution is 2.50. The molecule has 1 amide bonds. The largest absolute Gasteiger partial charge is 0.444 e. The van der Waals surface area contributed by atoms with E-state index in [1.807, 2.05) is 39.0 Å². The van der Waals surface area contributed by atoms with Gasteiger partial charge in [-0.05, 0) is 70.2 Å². The minimum absolute atomic E-state index is 0.350. The Morgan fingerprint density at radius 2 is 1.83 bits per heavy atom. The van der Waals surface area contributed by atoms with Crippen molar-refractivity contribution in [3.63, 3.8) is 0 Å². The van der Waals surface area contributed by atoms with E-state index in [2.05, 4.69) is 55.0 Å². The van der Waals surface area contributed by atoms with Gasteiger partial charge in [-0.15, -0.1) is 0 Å². The van der Waals surface area contributed by atoms with Crippen LogP contribution in [0.15, 0.2) is 47.2 Å². The lowest BCUT2D eigenvalue weighted by molar-refractivity contribution is -0.127. The van der Waals surface area contributed by atoms with E-state index in [-0.39, 0.29) is 12.1 Å². The summed E-state index contributed by atoms with van der Waals surface area (Å²) < 4.78 is 11.4. The molecule has 2 saturated heterocycles. The van der Waals surface area contributed by atoms with Crippen LogP contribution in [0.1, 0.15) is 95.3 Å². The summed E-state index contributed by atoms with van der Waals surface area (Å²) in [7, 11) is 2.06. The van der Waals surface area contributed by atoms with E-state index >= 15 is 0 Å². The summed E-state index contributed by atoms with van der Waals surface area (Å²) in [5.41, 5.74) is 1.10. The molecule has 2 aromatic heterocycles. The number of carbonyl (C=O) groups is 1. The molecule has 0 spiro atoms. The summed E-state index contributed by atoms with van der Waals surface area (Å²) in [5, 5.41) is 16.8. The van der Waals surface area contributed by atoms with Crippen molar-refractivity contribution in [1.82, 2.24) is 24.9 Å². The topological polar surface area (TPSA) is 105 Å². The molecule has 2 aliphatic rings. The fourth-order valence-electron chi connectivity index (χ4n) is 6.32. The first kappa shape index (κ1) is 29.2. The molecule has 0 aliphatic carbocycles. The third kappa shape index (κ3) is 5.62. The van der Waals surface area contributed by atoms with Crippen LogP contribution in [-0.2, 0) is 10.3 Å². The number of ether oxygens (including phenoxy) is 1. The van der Waals surface area contributed by atoms with Crippen LogP contribution >= 0.6 is 0 Å². The van der Waals surface area contributed by atoms with E-state index in [9.17, 15) is 9.90 Å². The predicted octanol–water partition coefficient (Wildman–Crippen LogP) is 5.90. The number of nitrogens with zero attached hydrogens (tertiary/aromatic N) is 5. The van der Waals surface area contributed by atoms with Crippen molar-refractivity contribution in [1.29, 1.82) is 0 Å². The quantitative estimate of drug-likeness (QED) is 0.396. The number of piperidine rings is 1. The second kappa shape index (κ2) is 10.8. The second-order valence-electron chi connectivity index (χ2n) is 13.3. The lowest BCUT2D eigenvalue weighted by Gasteiger charge is -2.55. The molecule has 41 heavy (non-hydrogen) atoms. The molecule has 2 fully saturated rings. The van der Waals surface area contributed by atoms with E-state index in [0.29, 0.717) is 35.3 Å². The Labute approximate surface area is 242 Å². The van der Waals surface area contributed by atoms with Gasteiger partial charge in [-0.3, -0.25) is 9.88 Å². The van der Waals surface area contributed by atoms with Crippen LogP contribution in [0, 0.1) is 5.41 Å². The molecule has 1 N–H and O–H groups in total. The number of benzene rings is 1. The maximum atomic E-state index is 12.9. The van der Waals surface area contributed by atoms with Crippen LogP contribution in [0.4, 0.5) is 4.79 Å². The number of carbonyl (C=O) groups excluding carboxylic acids is 1. The number of pyridine rings is 1. The first-order valence-corrected chi connectivity index (χ1v) is 14.6. The van der Waals surface area contributed by atoms with Crippen molar-refractivity contribution in [3.8, 4) is 11.4 Å². The molecule has 1 unspecified atom stereocenters. The van der Waals surface area contributed by atoms with Crippen molar-refractivity contribution in [2.75, 3.05) is 26.7 Å². The van der Waals surface area contributed by atoms with Gasteiger partial charge in [0.25, 0.3) is 0 Å². The van der Waals surface area contributed by atoms with Gasteiger partial charge in [0.1, 0.15) is 17.2 Å². The molecule has 220 valence electrons. The van der Waals surface area contributed by atoms with Crippen molar-refractivity contribution in [2.45, 2.75) is 84.0 Å². The molecular weight excluding hydrogens is 518 g/mol. The lowest BCUT2D eigenvalue weighted by atomic mass is 9.62. The predicted molar refractivity (Wildman–Crippen MR) is 156 cm³/mol. The number of aromatic nitrogens is 3. The molecule has 4 heterocycles. The monoisotopic (exact) mass is 561 g/mol. The Balaban J connectivity index is 1.48. The standard InChI is InChI=1S/C32H43N5O4/c1-21(2)22-11-13-24(14-12-22)32(39,31(6)19-36(7)20-31)25-16-23(17-33-18-25)27-34-28(41-35-27)26-10-8-9-15-37(26)29(38)40-30(3,4)5/h11-14,16-18,21,26,39H,8-10,15,19-20H2,1-7H3/t26?,32-/m0/s1. The molecule has 3 aromatic rings. The fourth-order valence-corrected chi connectivity index (χ4v) is 6.32. The number of likely N-dealkylation sites (tertiary alicyclic amines) is 2. The van der Waals surface area contributed by atoms with E-state index in [1.165, 1.54) is 5.56 Å². The number of aliphatic hydroxyl groups is 1. The number of hydrogen-bond donors (Lipinski definition) is 1. The van der Waals surface area contributed by atoms with Crippen LogP contribution < -0.4 is 0 Å². The fraction of sp³-hybridized carbons (Fsp3) is 0.562. The van der Waals surface area contributed by atoms with Crippen LogP contribution in [0.2, 0.25) is 0 Å². The third-order valence-corrected chi connectivity index (χ3v) is 8.38. The smallest absolute Gasteiger partial charge is 0.410 e. The average Bonchev–Trinajstić information content (AvgIpc) is 3.41. The third-order valence-electron chi connectivity index (χ3n) is 8.38. The van der Waals surface area contributed by atoms with Crippen molar-refractivity contribution >= 4 is 6.09 Å². The molecule has 5 rings (SSSR count). The summed E-state index contributed by atoms with van der Waals surface area (Å²) in [5.74, 6) is 1.15. The molecule has 1 aromatic carbocycles. The number of hydrogen-bond acceptors (Lipinski definition) is 8. The Kier molecular flexibility index (Phi) is 7.72. The number of amides is 1. The van der Waals surface area contributed by atoms with Crippen LogP contribution in [0.5, 0.6) is 0 Å². The lowest BCUT2D eigenvalue weighted by Crippen LogP contribution is -2.63. The zero-order valence-electron chi connectivity index (χ0n) is 25.3. The highest BCUT2D eigenvalue weighted by atomic mass is 16.6. The van der Waals surface area contributed by atoms with Crippen LogP contribution in [-0.4, -0.2) is 68.4 Å². The molecular formula is C32H43N5O4. The SMILES string of the molecule is CC(C)c1ccc([C@](O)(c2cncc(-c3noc(C4CCCCN4C(=O)OC(C)(C)C)n3)c2)C2(C)CN(C)C2)cc1. The van der Waals surface area contributed by atoms with Crippen LogP contribution in [0.25, 0.3) is 11.4 Å². The zero-order chi connectivity index (χ0) is 29.6. The van der Waals surface area contributed by atoms with E-state index < -0.39 is 16.6 Å².